The minimum Gasteiger partial charge on any atom is -0.297 e. The third-order valence-electron chi connectivity index (χ3n) is 2.43. The summed E-state index contributed by atoms with van der Waals surface area (Å²) in [6, 6.07) is 6.99. The number of thiophene rings is 1. The number of benzene rings is 1. The van der Waals surface area contributed by atoms with Gasteiger partial charge in [-0.3, -0.25) is 10.1 Å². The van der Waals surface area contributed by atoms with Crippen molar-refractivity contribution in [2.45, 2.75) is 0 Å². The number of nitrogens with zero attached hydrogens (tertiary/aromatic N) is 1. The zero-order valence-corrected chi connectivity index (χ0v) is 14.3. The number of hydrogen-bond donors (Lipinski definition) is 1. The van der Waals surface area contributed by atoms with Crippen molar-refractivity contribution in [3.05, 3.63) is 43.0 Å². The fourth-order valence-corrected chi connectivity index (χ4v) is 4.47. The van der Waals surface area contributed by atoms with Gasteiger partial charge in [0.25, 0.3) is 5.91 Å². The second-order valence-electron chi connectivity index (χ2n) is 3.81. The van der Waals surface area contributed by atoms with E-state index in [4.69, 9.17) is 23.2 Å². The van der Waals surface area contributed by atoms with E-state index < -0.39 is 0 Å². The lowest BCUT2D eigenvalue weighted by Crippen LogP contribution is -2.09. The number of carbonyl (C=O) groups is 1. The van der Waals surface area contributed by atoms with Crippen molar-refractivity contribution < 1.29 is 4.79 Å². The van der Waals surface area contributed by atoms with E-state index in [9.17, 15) is 4.79 Å². The molecule has 1 aromatic carbocycles. The predicted octanol–water partition coefficient (Wildman–Crippen LogP) is 5.68. The monoisotopic (exact) mass is 406 g/mol. The van der Waals surface area contributed by atoms with E-state index in [1.54, 1.807) is 18.2 Å². The van der Waals surface area contributed by atoms with Crippen molar-refractivity contribution >= 4 is 83.1 Å². The highest BCUT2D eigenvalue weighted by atomic mass is 79.9. The number of amides is 1. The van der Waals surface area contributed by atoms with Crippen LogP contribution in [-0.2, 0) is 0 Å². The minimum atomic E-state index is -0.193. The van der Waals surface area contributed by atoms with E-state index in [1.807, 2.05) is 6.07 Å². The summed E-state index contributed by atoms with van der Waals surface area (Å²) in [6.07, 6.45) is 0. The maximum atomic E-state index is 12.0. The highest BCUT2D eigenvalue weighted by molar-refractivity contribution is 9.11. The third-order valence-corrected chi connectivity index (χ3v) is 5.48. The first-order chi connectivity index (χ1) is 9.52. The third kappa shape index (κ3) is 2.84. The maximum Gasteiger partial charge on any atom is 0.267 e. The van der Waals surface area contributed by atoms with E-state index in [2.05, 4.69) is 26.2 Å². The molecule has 0 spiro atoms. The highest BCUT2D eigenvalue weighted by Gasteiger charge is 2.13. The minimum absolute atomic E-state index is 0.193. The van der Waals surface area contributed by atoms with Crippen LogP contribution in [-0.4, -0.2) is 10.9 Å². The smallest absolute Gasteiger partial charge is 0.267 e. The van der Waals surface area contributed by atoms with Crippen molar-refractivity contribution in [3.8, 4) is 0 Å². The van der Waals surface area contributed by atoms with Gasteiger partial charge in [-0.25, -0.2) is 4.98 Å². The molecule has 0 aliphatic heterocycles. The molecule has 3 rings (SSSR count). The van der Waals surface area contributed by atoms with Crippen LogP contribution in [0.15, 0.2) is 28.1 Å². The molecule has 2 heterocycles. The molecule has 0 aliphatic carbocycles. The van der Waals surface area contributed by atoms with Crippen LogP contribution >= 0.6 is 61.8 Å². The molecule has 0 unspecified atom stereocenters. The lowest BCUT2D eigenvalue weighted by molar-refractivity contribution is 0.103. The van der Waals surface area contributed by atoms with E-state index in [-0.39, 0.29) is 5.91 Å². The van der Waals surface area contributed by atoms with Crippen molar-refractivity contribution in [3.63, 3.8) is 0 Å². The van der Waals surface area contributed by atoms with Crippen LogP contribution in [0.4, 0.5) is 5.13 Å². The Morgan fingerprint density at radius 1 is 1.25 bits per heavy atom. The molecule has 1 amide bonds. The van der Waals surface area contributed by atoms with Crippen molar-refractivity contribution in [1.82, 2.24) is 4.98 Å². The molecule has 0 bridgehead atoms. The summed E-state index contributed by atoms with van der Waals surface area (Å²) in [5.41, 5.74) is 0.642. The number of carbonyl (C=O) groups excluding carboxylic acids is 1. The molecule has 3 aromatic rings. The van der Waals surface area contributed by atoms with E-state index >= 15 is 0 Å². The zero-order valence-electron chi connectivity index (χ0n) is 9.62. The summed E-state index contributed by atoms with van der Waals surface area (Å²) < 4.78 is 1.74. The summed E-state index contributed by atoms with van der Waals surface area (Å²) in [7, 11) is 0. The topological polar surface area (TPSA) is 42.0 Å². The molecule has 0 aliphatic rings. The Kier molecular flexibility index (Phi) is 4.01. The molecular weight excluding hydrogens is 403 g/mol. The van der Waals surface area contributed by atoms with Crippen LogP contribution < -0.4 is 5.32 Å². The quantitative estimate of drug-likeness (QED) is 0.593. The molecule has 0 radical (unpaired) electrons. The normalized spacial score (nSPS) is 10.9. The summed E-state index contributed by atoms with van der Waals surface area (Å²) in [4.78, 5) is 17.0. The largest absolute Gasteiger partial charge is 0.297 e. The molecule has 0 fully saturated rings. The Morgan fingerprint density at radius 2 is 2.05 bits per heavy atom. The second kappa shape index (κ2) is 5.61. The van der Waals surface area contributed by atoms with E-state index in [1.165, 1.54) is 22.7 Å². The molecule has 0 saturated heterocycles. The molecule has 3 nitrogen and oxygen atoms in total. The lowest BCUT2D eigenvalue weighted by Gasteiger charge is -1.97. The average Bonchev–Trinajstić information content (AvgIpc) is 2.95. The van der Waals surface area contributed by atoms with Gasteiger partial charge in [-0.05, 0) is 40.2 Å². The SMILES string of the molecule is O=C(Nc1nc2c(Cl)cc(Cl)cc2s1)c1ccc(Br)s1. The molecule has 0 saturated carbocycles. The van der Waals surface area contributed by atoms with Gasteiger partial charge < -0.3 is 0 Å². The summed E-state index contributed by atoms with van der Waals surface area (Å²) in [5, 5.41) is 4.29. The van der Waals surface area contributed by atoms with Crippen LogP contribution in [0.5, 0.6) is 0 Å². The number of aromatic nitrogens is 1. The number of halogens is 3. The average molecular weight is 408 g/mol. The predicted molar refractivity (Wildman–Crippen MR) is 89.6 cm³/mol. The van der Waals surface area contributed by atoms with Crippen LogP contribution in [0.25, 0.3) is 10.2 Å². The Bertz CT molecular complexity index is 815. The Labute approximate surface area is 140 Å². The van der Waals surface area contributed by atoms with Gasteiger partial charge in [0.15, 0.2) is 5.13 Å². The summed E-state index contributed by atoms with van der Waals surface area (Å²) in [5.74, 6) is -0.193. The number of anilines is 1. The van der Waals surface area contributed by atoms with Gasteiger partial charge in [0.2, 0.25) is 0 Å². The van der Waals surface area contributed by atoms with Gasteiger partial charge >= 0.3 is 0 Å². The lowest BCUT2D eigenvalue weighted by atomic mass is 10.3. The maximum absolute atomic E-state index is 12.0. The van der Waals surface area contributed by atoms with Crippen LogP contribution in [0.2, 0.25) is 10.0 Å². The number of thiazole rings is 1. The summed E-state index contributed by atoms with van der Waals surface area (Å²) in [6.45, 7) is 0. The van der Waals surface area contributed by atoms with Crippen molar-refractivity contribution in [2.75, 3.05) is 5.32 Å². The molecule has 102 valence electrons. The molecule has 1 N–H and O–H groups in total. The molecule has 0 atom stereocenters. The first-order valence-corrected chi connectivity index (χ1v) is 8.53. The first-order valence-electron chi connectivity index (χ1n) is 5.35. The number of fused-ring (bicyclic) bond motifs is 1. The highest BCUT2D eigenvalue weighted by Crippen LogP contribution is 2.34. The Morgan fingerprint density at radius 3 is 2.75 bits per heavy atom. The van der Waals surface area contributed by atoms with Gasteiger partial charge in [0.1, 0.15) is 5.52 Å². The molecular formula is C12H5BrCl2N2OS2. The van der Waals surface area contributed by atoms with E-state index in [0.29, 0.717) is 25.6 Å². The van der Waals surface area contributed by atoms with Crippen molar-refractivity contribution in [1.29, 1.82) is 0 Å². The van der Waals surface area contributed by atoms with Crippen LogP contribution in [0, 0.1) is 0 Å². The fourth-order valence-electron chi connectivity index (χ4n) is 1.61. The molecule has 8 heteroatoms. The number of hydrogen-bond acceptors (Lipinski definition) is 4. The molecule has 2 aromatic heterocycles. The van der Waals surface area contributed by atoms with Gasteiger partial charge in [-0.1, -0.05) is 34.5 Å². The Hall–Kier alpha value is -0.660. The zero-order chi connectivity index (χ0) is 14.3. The van der Waals surface area contributed by atoms with Gasteiger partial charge in [0, 0.05) is 5.02 Å². The number of nitrogens with one attached hydrogen (secondary N) is 1. The molecule has 20 heavy (non-hydrogen) atoms. The van der Waals surface area contributed by atoms with Gasteiger partial charge in [-0.2, -0.15) is 0 Å². The standard InChI is InChI=1S/C12H5BrCl2N2OS2/c13-9-2-1-7(19-9)11(18)17-12-16-10-6(15)3-5(14)4-8(10)20-12/h1-4H,(H,16,17,18). The van der Waals surface area contributed by atoms with Crippen LogP contribution in [0.1, 0.15) is 9.67 Å². The van der Waals surface area contributed by atoms with Crippen LogP contribution in [0.3, 0.4) is 0 Å². The fraction of sp³-hybridized carbons (Fsp3) is 0. The number of rotatable bonds is 2. The first kappa shape index (κ1) is 14.3. The van der Waals surface area contributed by atoms with Gasteiger partial charge in [0.05, 0.1) is 18.4 Å². The van der Waals surface area contributed by atoms with Gasteiger partial charge in [-0.15, -0.1) is 11.3 Å². The van der Waals surface area contributed by atoms with Crippen molar-refractivity contribution in [2.24, 2.45) is 0 Å². The Balaban J connectivity index is 1.91. The second-order valence-corrected chi connectivity index (χ2v) is 8.15. The summed E-state index contributed by atoms with van der Waals surface area (Å²) >= 11 is 18.0. The van der Waals surface area contributed by atoms with E-state index in [0.717, 1.165) is 8.49 Å².